The van der Waals surface area contributed by atoms with Gasteiger partial charge in [0, 0.05) is 46.4 Å². The van der Waals surface area contributed by atoms with Gasteiger partial charge in [-0.05, 0) is 43.5 Å². The number of sulfonamides is 2. The normalized spacial score (nSPS) is 23.1. The number of nitrogens with zero attached hydrogens (tertiary/aromatic N) is 3. The van der Waals surface area contributed by atoms with Crippen LogP contribution in [0.1, 0.15) is 33.1 Å². The second-order valence-electron chi connectivity index (χ2n) is 8.19. The summed E-state index contributed by atoms with van der Waals surface area (Å²) in [6.07, 6.45) is 2.08. The van der Waals surface area contributed by atoms with E-state index in [-0.39, 0.29) is 34.3 Å². The highest BCUT2D eigenvalue weighted by Gasteiger charge is 2.37. The Balaban J connectivity index is 1.74. The van der Waals surface area contributed by atoms with Crippen LogP contribution in [0.2, 0.25) is 0 Å². The summed E-state index contributed by atoms with van der Waals surface area (Å²) >= 11 is 0. The third-order valence-corrected chi connectivity index (χ3v) is 10.3. The highest BCUT2D eigenvalue weighted by molar-refractivity contribution is 7.89. The summed E-state index contributed by atoms with van der Waals surface area (Å²) in [5.74, 6) is -0.401. The van der Waals surface area contributed by atoms with Gasteiger partial charge in [-0.2, -0.15) is 8.61 Å². The topological polar surface area (TPSA) is 104 Å². The highest BCUT2D eigenvalue weighted by Crippen LogP contribution is 2.27. The van der Waals surface area contributed by atoms with Crippen molar-refractivity contribution in [2.24, 2.45) is 5.92 Å². The Kier molecular flexibility index (Phi) is 7.97. The van der Waals surface area contributed by atoms with Crippen LogP contribution in [0.5, 0.6) is 0 Å². The number of amides is 1. The van der Waals surface area contributed by atoms with Crippen LogP contribution in [0, 0.1) is 5.92 Å². The molecule has 0 aromatic heterocycles. The number of carbonyl (C=O) groups excluding carboxylic acids is 1. The summed E-state index contributed by atoms with van der Waals surface area (Å²) in [5.41, 5.74) is 0. The smallest absolute Gasteiger partial charge is 0.243 e. The van der Waals surface area contributed by atoms with Crippen molar-refractivity contribution < 1.29 is 26.4 Å². The minimum atomic E-state index is -3.83. The summed E-state index contributed by atoms with van der Waals surface area (Å²) in [6.45, 7) is 5.83. The molecule has 1 aromatic carbocycles. The van der Waals surface area contributed by atoms with E-state index in [2.05, 4.69) is 0 Å². The maximum absolute atomic E-state index is 13.2. The number of hydrogen-bond donors (Lipinski definition) is 0. The molecule has 180 valence electrons. The quantitative estimate of drug-likeness (QED) is 0.549. The number of piperidine rings is 1. The van der Waals surface area contributed by atoms with Gasteiger partial charge in [-0.3, -0.25) is 4.79 Å². The molecule has 11 heteroatoms. The van der Waals surface area contributed by atoms with Crippen molar-refractivity contribution in [3.8, 4) is 0 Å². The zero-order valence-corrected chi connectivity index (χ0v) is 20.6. The fourth-order valence-electron chi connectivity index (χ4n) is 4.39. The van der Waals surface area contributed by atoms with Crippen LogP contribution in [0.15, 0.2) is 34.1 Å². The monoisotopic (exact) mass is 487 g/mol. The minimum absolute atomic E-state index is 0.0230. The summed E-state index contributed by atoms with van der Waals surface area (Å²) in [6, 6.07) is 5.34. The molecule has 2 saturated heterocycles. The van der Waals surface area contributed by atoms with Crippen molar-refractivity contribution in [1.82, 2.24) is 13.5 Å². The van der Waals surface area contributed by atoms with Gasteiger partial charge in [-0.1, -0.05) is 13.8 Å². The Morgan fingerprint density at radius 2 is 1.62 bits per heavy atom. The second kappa shape index (κ2) is 10.2. The Bertz CT molecular complexity index is 1010. The summed E-state index contributed by atoms with van der Waals surface area (Å²) < 4.78 is 59.7. The van der Waals surface area contributed by atoms with E-state index in [1.54, 1.807) is 25.9 Å². The molecule has 0 unspecified atom stereocenters. The first-order chi connectivity index (χ1) is 15.1. The Morgan fingerprint density at radius 1 is 1.00 bits per heavy atom. The zero-order valence-electron chi connectivity index (χ0n) is 18.9. The van der Waals surface area contributed by atoms with Crippen molar-refractivity contribution in [2.75, 3.05) is 46.4 Å². The van der Waals surface area contributed by atoms with Gasteiger partial charge in [0.2, 0.25) is 26.0 Å². The maximum Gasteiger partial charge on any atom is 0.243 e. The molecule has 0 radical (unpaired) electrons. The van der Waals surface area contributed by atoms with E-state index in [0.717, 1.165) is 6.42 Å². The van der Waals surface area contributed by atoms with Crippen molar-refractivity contribution in [1.29, 1.82) is 0 Å². The van der Waals surface area contributed by atoms with Gasteiger partial charge < -0.3 is 9.64 Å². The fraction of sp³-hybridized carbons (Fsp3) is 0.667. The van der Waals surface area contributed by atoms with Crippen molar-refractivity contribution in [3.63, 3.8) is 0 Å². The molecule has 2 aliphatic heterocycles. The molecule has 1 aromatic rings. The molecule has 2 atom stereocenters. The number of likely N-dealkylation sites (tertiary alicyclic amines) is 1. The molecule has 9 nitrogen and oxygen atoms in total. The van der Waals surface area contributed by atoms with Crippen LogP contribution in [0.25, 0.3) is 0 Å². The van der Waals surface area contributed by atoms with E-state index in [4.69, 9.17) is 4.74 Å². The first kappa shape index (κ1) is 25.1. The Morgan fingerprint density at radius 3 is 2.19 bits per heavy atom. The van der Waals surface area contributed by atoms with E-state index < -0.39 is 20.0 Å². The molecule has 2 heterocycles. The standard InChI is InChI=1S/C21H33N3O6S2/c1-4-23(5-2)31(26,27)19-8-10-20(11-9-19)32(28,29)24-13-6-7-17(15-24)21(25)22-14-12-18(16-22)30-3/h8-11,17-18H,4-7,12-16H2,1-3H3/t17-,18+/m1/s1. The lowest BCUT2D eigenvalue weighted by Crippen LogP contribution is -2.46. The molecule has 2 aliphatic rings. The molecule has 0 spiro atoms. The zero-order chi connectivity index (χ0) is 23.5. The molecule has 0 aliphatic carbocycles. The average molecular weight is 488 g/mol. The molecule has 0 N–H and O–H groups in total. The molecule has 0 bridgehead atoms. The van der Waals surface area contributed by atoms with Crippen molar-refractivity contribution >= 4 is 26.0 Å². The van der Waals surface area contributed by atoms with Crippen LogP contribution < -0.4 is 0 Å². The molecule has 32 heavy (non-hydrogen) atoms. The predicted octanol–water partition coefficient (Wildman–Crippen LogP) is 1.37. The van der Waals surface area contributed by atoms with Gasteiger partial charge in [-0.15, -0.1) is 0 Å². The third kappa shape index (κ3) is 5.01. The Hall–Kier alpha value is -1.53. The van der Waals surface area contributed by atoms with E-state index in [9.17, 15) is 21.6 Å². The lowest BCUT2D eigenvalue weighted by Gasteiger charge is -2.33. The van der Waals surface area contributed by atoms with Gasteiger partial charge in [0.25, 0.3) is 0 Å². The van der Waals surface area contributed by atoms with Gasteiger partial charge in [0.05, 0.1) is 21.8 Å². The maximum atomic E-state index is 13.2. The first-order valence-corrected chi connectivity index (χ1v) is 13.9. The van der Waals surface area contributed by atoms with E-state index in [1.807, 2.05) is 0 Å². The van der Waals surface area contributed by atoms with Crippen LogP contribution in [-0.2, 0) is 29.6 Å². The van der Waals surface area contributed by atoms with Crippen molar-refractivity contribution in [2.45, 2.75) is 49.0 Å². The SMILES string of the molecule is CCN(CC)S(=O)(=O)c1ccc(S(=O)(=O)N2CCC[C@@H](C(=O)N3CC[C@H](OC)C3)C2)cc1. The summed E-state index contributed by atoms with van der Waals surface area (Å²) in [7, 11) is -5.86. The molecular formula is C21H33N3O6S2. The van der Waals surface area contributed by atoms with Crippen molar-refractivity contribution in [3.05, 3.63) is 24.3 Å². The van der Waals surface area contributed by atoms with Crippen LogP contribution in [0.3, 0.4) is 0 Å². The second-order valence-corrected chi connectivity index (χ2v) is 12.1. The molecule has 1 amide bonds. The lowest BCUT2D eigenvalue weighted by atomic mass is 9.98. The van der Waals surface area contributed by atoms with Crippen LogP contribution in [-0.4, -0.2) is 88.7 Å². The van der Waals surface area contributed by atoms with E-state index >= 15 is 0 Å². The van der Waals surface area contributed by atoms with Gasteiger partial charge in [-0.25, -0.2) is 16.8 Å². The molecule has 3 rings (SSSR count). The summed E-state index contributed by atoms with van der Waals surface area (Å²) in [5, 5.41) is 0. The number of methoxy groups -OCH3 is 1. The predicted molar refractivity (Wildman–Crippen MR) is 120 cm³/mol. The van der Waals surface area contributed by atoms with E-state index in [0.29, 0.717) is 45.6 Å². The van der Waals surface area contributed by atoms with E-state index in [1.165, 1.54) is 32.9 Å². The molecule has 0 saturated carbocycles. The Labute approximate surface area is 191 Å². The minimum Gasteiger partial charge on any atom is -0.380 e. The third-order valence-electron chi connectivity index (χ3n) is 6.33. The van der Waals surface area contributed by atoms with Crippen LogP contribution in [0.4, 0.5) is 0 Å². The highest BCUT2D eigenvalue weighted by atomic mass is 32.2. The largest absolute Gasteiger partial charge is 0.380 e. The number of benzene rings is 1. The summed E-state index contributed by atoms with van der Waals surface area (Å²) in [4.78, 5) is 14.8. The van der Waals surface area contributed by atoms with Crippen LogP contribution >= 0.6 is 0 Å². The number of hydrogen-bond acceptors (Lipinski definition) is 6. The van der Waals surface area contributed by atoms with Gasteiger partial charge in [0.15, 0.2) is 0 Å². The molecule has 2 fully saturated rings. The number of ether oxygens (including phenoxy) is 1. The first-order valence-electron chi connectivity index (χ1n) is 11.1. The van der Waals surface area contributed by atoms with Gasteiger partial charge in [0.1, 0.15) is 0 Å². The average Bonchev–Trinajstić information content (AvgIpc) is 3.29. The van der Waals surface area contributed by atoms with Gasteiger partial charge >= 0.3 is 0 Å². The molecular weight excluding hydrogens is 454 g/mol. The number of carbonyl (C=O) groups is 1. The lowest BCUT2D eigenvalue weighted by molar-refractivity contribution is -0.136. The number of rotatable bonds is 8. The fourth-order valence-corrected chi connectivity index (χ4v) is 7.37.